The number of benzene rings is 1. The summed E-state index contributed by atoms with van der Waals surface area (Å²) in [5.74, 6) is 0.379. The summed E-state index contributed by atoms with van der Waals surface area (Å²) in [5.41, 5.74) is 5.83. The first-order chi connectivity index (χ1) is 23.9. The molecule has 15 nitrogen and oxygen atoms in total. The maximum atomic E-state index is 11.5. The van der Waals surface area contributed by atoms with Gasteiger partial charge in [-0.05, 0) is 45.0 Å². The molecule has 2 N–H and O–H groups in total. The van der Waals surface area contributed by atoms with Crippen LogP contribution in [0.2, 0.25) is 0 Å². The highest BCUT2D eigenvalue weighted by Crippen LogP contribution is 2.12. The van der Waals surface area contributed by atoms with E-state index in [1.807, 2.05) is 32.9 Å². The highest BCUT2D eigenvalue weighted by atomic mass is 16.6. The number of esters is 1. The third kappa shape index (κ3) is 34.1. The molecule has 15 heteroatoms. The Bertz CT molecular complexity index is 856. The highest BCUT2D eigenvalue weighted by Gasteiger charge is 2.15. The summed E-state index contributed by atoms with van der Waals surface area (Å²) in [7, 11) is 0. The summed E-state index contributed by atoms with van der Waals surface area (Å²) in [4.78, 5) is 11.5. The van der Waals surface area contributed by atoms with Gasteiger partial charge in [-0.2, -0.15) is 0 Å². The molecule has 0 radical (unpaired) electrons. The fourth-order valence-corrected chi connectivity index (χ4v) is 3.51. The number of ether oxygens (including phenoxy) is 13. The lowest BCUT2D eigenvalue weighted by molar-refractivity contribution is -0.160. The van der Waals surface area contributed by atoms with Crippen molar-refractivity contribution in [3.63, 3.8) is 0 Å². The molecule has 0 saturated carbocycles. The molecule has 1 aromatic carbocycles. The van der Waals surface area contributed by atoms with Crippen molar-refractivity contribution in [2.45, 2.75) is 26.4 Å². The molecule has 0 aliphatic carbocycles. The number of carbonyl (C=O) groups is 1. The Hall–Kier alpha value is -2.15. The molecule has 1 aromatic rings. The van der Waals surface area contributed by atoms with Crippen molar-refractivity contribution in [1.82, 2.24) is 0 Å². The first-order valence-electron chi connectivity index (χ1n) is 16.9. The molecule has 0 fully saturated rings. The zero-order valence-corrected chi connectivity index (χ0v) is 29.9. The van der Waals surface area contributed by atoms with Crippen molar-refractivity contribution in [2.75, 3.05) is 158 Å². The molecule has 0 spiro atoms. The third-order valence-corrected chi connectivity index (χ3v) is 5.74. The Kier molecular flexibility index (Phi) is 30.2. The van der Waals surface area contributed by atoms with E-state index in [0.717, 1.165) is 5.75 Å². The van der Waals surface area contributed by atoms with E-state index in [9.17, 15) is 4.79 Å². The van der Waals surface area contributed by atoms with Crippen molar-refractivity contribution < 1.29 is 66.4 Å². The van der Waals surface area contributed by atoms with Crippen molar-refractivity contribution in [2.24, 2.45) is 0 Å². The van der Waals surface area contributed by atoms with Crippen LogP contribution in [0.15, 0.2) is 24.3 Å². The van der Waals surface area contributed by atoms with Crippen LogP contribution in [0.25, 0.3) is 0 Å². The lowest BCUT2D eigenvalue weighted by atomic mass is 10.2. The summed E-state index contributed by atoms with van der Waals surface area (Å²) >= 11 is 0. The van der Waals surface area contributed by atoms with Crippen LogP contribution < -0.4 is 10.5 Å². The molecular formula is C34H61NO14. The number of carbonyl (C=O) groups excluding carboxylic acids is 1. The van der Waals surface area contributed by atoms with Gasteiger partial charge in [-0.3, -0.25) is 0 Å². The van der Waals surface area contributed by atoms with Crippen LogP contribution in [-0.2, 0) is 61.6 Å². The van der Waals surface area contributed by atoms with E-state index in [0.29, 0.717) is 151 Å². The van der Waals surface area contributed by atoms with Crippen molar-refractivity contribution >= 4 is 11.7 Å². The minimum absolute atomic E-state index is 0.0852. The van der Waals surface area contributed by atoms with Crippen LogP contribution in [0.1, 0.15) is 20.8 Å². The van der Waals surface area contributed by atoms with Crippen LogP contribution in [0.4, 0.5) is 5.69 Å². The molecule has 0 saturated heterocycles. The quantitative estimate of drug-likeness (QED) is 0.0613. The zero-order chi connectivity index (χ0) is 35.5. The second-order valence-corrected chi connectivity index (χ2v) is 11.2. The number of anilines is 1. The smallest absolute Gasteiger partial charge is 0.332 e. The van der Waals surface area contributed by atoms with Gasteiger partial charge < -0.3 is 67.3 Å². The monoisotopic (exact) mass is 707 g/mol. The minimum atomic E-state index is -0.513. The van der Waals surface area contributed by atoms with Gasteiger partial charge in [0.2, 0.25) is 0 Å². The lowest BCUT2D eigenvalue weighted by Gasteiger charge is -2.19. The lowest BCUT2D eigenvalue weighted by Crippen LogP contribution is -2.27. The van der Waals surface area contributed by atoms with Gasteiger partial charge in [0.05, 0.1) is 139 Å². The first-order valence-corrected chi connectivity index (χ1v) is 16.9. The Morgan fingerprint density at radius 1 is 0.449 bits per heavy atom. The number of nitrogens with two attached hydrogens (primary N) is 1. The predicted octanol–water partition coefficient (Wildman–Crippen LogP) is 2.17. The van der Waals surface area contributed by atoms with Gasteiger partial charge in [0, 0.05) is 5.69 Å². The number of nitrogen functional groups attached to an aromatic ring is 1. The van der Waals surface area contributed by atoms with E-state index in [1.165, 1.54) is 0 Å². The molecule has 49 heavy (non-hydrogen) atoms. The summed E-state index contributed by atoms with van der Waals surface area (Å²) in [6, 6.07) is 7.25. The van der Waals surface area contributed by atoms with E-state index >= 15 is 0 Å². The van der Waals surface area contributed by atoms with Crippen molar-refractivity contribution in [1.29, 1.82) is 0 Å². The summed E-state index contributed by atoms with van der Waals surface area (Å²) in [5, 5.41) is 0. The third-order valence-electron chi connectivity index (χ3n) is 5.74. The average Bonchev–Trinajstić information content (AvgIpc) is 3.06. The summed E-state index contributed by atoms with van der Waals surface area (Å²) in [6.45, 7) is 15.8. The molecule has 0 unspecified atom stereocenters. The molecule has 0 heterocycles. The minimum Gasteiger partial charge on any atom is -0.491 e. The van der Waals surface area contributed by atoms with E-state index in [1.54, 1.807) is 12.1 Å². The number of rotatable bonds is 36. The Labute approximate surface area is 292 Å². The molecule has 0 atom stereocenters. The fraction of sp³-hybridized carbons (Fsp3) is 0.794. The molecule has 0 amide bonds. The number of hydrogen-bond acceptors (Lipinski definition) is 15. The van der Waals surface area contributed by atoms with Gasteiger partial charge >= 0.3 is 5.97 Å². The fourth-order valence-electron chi connectivity index (χ4n) is 3.51. The van der Waals surface area contributed by atoms with E-state index < -0.39 is 5.60 Å². The molecule has 0 bridgehead atoms. The largest absolute Gasteiger partial charge is 0.491 e. The van der Waals surface area contributed by atoms with Crippen molar-refractivity contribution in [3.8, 4) is 5.75 Å². The van der Waals surface area contributed by atoms with E-state index in [2.05, 4.69) is 0 Å². The molecular weight excluding hydrogens is 646 g/mol. The molecule has 0 aliphatic heterocycles. The van der Waals surface area contributed by atoms with Gasteiger partial charge in [0.25, 0.3) is 0 Å². The SMILES string of the molecule is CC(C)(C)OC(=O)COCCOCCOCCOCCOCCOCCOCCOCCOCCOCCOCCOc1ccc(N)cc1. The highest BCUT2D eigenvalue weighted by molar-refractivity contribution is 5.71. The van der Waals surface area contributed by atoms with Gasteiger partial charge in [-0.15, -0.1) is 0 Å². The average molecular weight is 708 g/mol. The van der Waals surface area contributed by atoms with Crippen LogP contribution in [-0.4, -0.2) is 164 Å². The van der Waals surface area contributed by atoms with E-state index in [-0.39, 0.29) is 12.6 Å². The topological polar surface area (TPSA) is 163 Å². The maximum absolute atomic E-state index is 11.5. The zero-order valence-electron chi connectivity index (χ0n) is 29.9. The van der Waals surface area contributed by atoms with Crippen LogP contribution in [0.3, 0.4) is 0 Å². The van der Waals surface area contributed by atoms with Crippen LogP contribution >= 0.6 is 0 Å². The predicted molar refractivity (Wildman–Crippen MR) is 181 cm³/mol. The second kappa shape index (κ2) is 33.0. The van der Waals surface area contributed by atoms with Crippen LogP contribution in [0, 0.1) is 0 Å². The van der Waals surface area contributed by atoms with E-state index in [4.69, 9.17) is 67.3 Å². The first kappa shape index (κ1) is 44.9. The Morgan fingerprint density at radius 2 is 0.714 bits per heavy atom. The molecule has 1 rings (SSSR count). The molecule has 286 valence electrons. The summed E-state index contributed by atoms with van der Waals surface area (Å²) in [6.07, 6.45) is 0. The Balaban J connectivity index is 1.64. The summed E-state index contributed by atoms with van der Waals surface area (Å²) < 4.78 is 70.5. The van der Waals surface area contributed by atoms with Crippen molar-refractivity contribution in [3.05, 3.63) is 24.3 Å². The van der Waals surface area contributed by atoms with Gasteiger partial charge in [-0.1, -0.05) is 0 Å². The number of hydrogen-bond donors (Lipinski definition) is 1. The van der Waals surface area contributed by atoms with Gasteiger partial charge in [0.15, 0.2) is 0 Å². The van der Waals surface area contributed by atoms with Crippen LogP contribution in [0.5, 0.6) is 5.75 Å². The van der Waals surface area contributed by atoms with Gasteiger partial charge in [-0.25, -0.2) is 4.79 Å². The van der Waals surface area contributed by atoms with Gasteiger partial charge in [0.1, 0.15) is 24.6 Å². The second-order valence-electron chi connectivity index (χ2n) is 11.2. The standard InChI is InChI=1S/C34H61NO14/c1-34(2,3)49-33(36)30-47-27-26-45-23-22-43-19-18-41-15-14-39-11-10-37-8-9-38-12-13-40-16-17-42-20-21-44-24-25-46-28-29-48-32-6-4-31(35)5-7-32/h4-7H,8-30,35H2,1-3H3. The normalized spacial score (nSPS) is 11.7. The maximum Gasteiger partial charge on any atom is 0.332 e. The molecule has 0 aliphatic rings. The molecule has 0 aromatic heterocycles. The Morgan fingerprint density at radius 3 is 1.00 bits per heavy atom.